The van der Waals surface area contributed by atoms with Gasteiger partial charge in [-0.05, 0) is 50.2 Å². The Morgan fingerprint density at radius 3 is 1.89 bits per heavy atom. The Labute approximate surface area is 165 Å². The zero-order valence-electron chi connectivity index (χ0n) is 16.0. The van der Waals surface area contributed by atoms with Gasteiger partial charge in [-0.1, -0.05) is 48.5 Å². The van der Waals surface area contributed by atoms with E-state index in [0.717, 1.165) is 5.69 Å². The Morgan fingerprint density at radius 2 is 1.32 bits per heavy atom. The number of para-hydroxylation sites is 1. The van der Waals surface area contributed by atoms with Gasteiger partial charge in [-0.2, -0.15) is 0 Å². The first kappa shape index (κ1) is 19.4. The largest absolute Gasteiger partial charge is 0.484 e. The highest BCUT2D eigenvalue weighted by molar-refractivity contribution is 6.09. The van der Waals surface area contributed by atoms with Crippen molar-refractivity contribution in [1.29, 1.82) is 0 Å². The Morgan fingerprint density at radius 1 is 0.786 bits per heavy atom. The fourth-order valence-electron chi connectivity index (χ4n) is 2.99. The summed E-state index contributed by atoms with van der Waals surface area (Å²) in [5.74, 6) is 0.388. The Bertz CT molecular complexity index is 919. The van der Waals surface area contributed by atoms with Gasteiger partial charge in [-0.25, -0.2) is 0 Å². The highest BCUT2D eigenvalue weighted by atomic mass is 16.5. The maximum absolute atomic E-state index is 12.7. The van der Waals surface area contributed by atoms with E-state index in [-0.39, 0.29) is 24.3 Å². The van der Waals surface area contributed by atoms with Gasteiger partial charge < -0.3 is 9.64 Å². The van der Waals surface area contributed by atoms with E-state index in [1.54, 1.807) is 41.3 Å². The molecule has 0 aliphatic carbocycles. The summed E-state index contributed by atoms with van der Waals surface area (Å²) >= 11 is 0. The molecule has 3 rings (SSSR count). The molecule has 3 aromatic carbocycles. The van der Waals surface area contributed by atoms with E-state index in [9.17, 15) is 9.59 Å². The summed E-state index contributed by atoms with van der Waals surface area (Å²) in [4.78, 5) is 26.8. The Balaban J connectivity index is 1.64. The molecule has 0 radical (unpaired) electrons. The lowest BCUT2D eigenvalue weighted by molar-refractivity contribution is -0.120. The molecular weight excluding hydrogens is 350 g/mol. The monoisotopic (exact) mass is 373 g/mol. The van der Waals surface area contributed by atoms with Crippen LogP contribution in [0.25, 0.3) is 0 Å². The molecular formula is C24H23NO3. The van der Waals surface area contributed by atoms with Crippen molar-refractivity contribution in [2.24, 2.45) is 0 Å². The molecule has 0 aliphatic heterocycles. The van der Waals surface area contributed by atoms with Crippen molar-refractivity contribution in [3.63, 3.8) is 0 Å². The van der Waals surface area contributed by atoms with Crippen molar-refractivity contribution in [3.05, 3.63) is 96.1 Å². The molecule has 0 aromatic heterocycles. The first-order valence-corrected chi connectivity index (χ1v) is 9.26. The normalized spacial score (nSPS) is 10.5. The number of amides is 1. The van der Waals surface area contributed by atoms with Crippen LogP contribution in [0, 0.1) is 0 Å². The van der Waals surface area contributed by atoms with Crippen LogP contribution in [0.2, 0.25) is 0 Å². The van der Waals surface area contributed by atoms with Gasteiger partial charge in [-0.15, -0.1) is 0 Å². The molecule has 28 heavy (non-hydrogen) atoms. The number of hydrogen-bond acceptors (Lipinski definition) is 3. The van der Waals surface area contributed by atoms with Gasteiger partial charge >= 0.3 is 0 Å². The highest BCUT2D eigenvalue weighted by Gasteiger charge is 2.19. The maximum Gasteiger partial charge on any atom is 0.265 e. The van der Waals surface area contributed by atoms with Crippen LogP contribution in [0.5, 0.6) is 5.75 Å². The molecule has 0 bridgehead atoms. The predicted molar refractivity (Wildman–Crippen MR) is 111 cm³/mol. The fraction of sp³-hybridized carbons (Fsp3) is 0.167. The fourth-order valence-corrected chi connectivity index (χ4v) is 2.99. The van der Waals surface area contributed by atoms with Crippen molar-refractivity contribution in [2.75, 3.05) is 11.5 Å². The number of ketones is 1. The van der Waals surface area contributed by atoms with Crippen LogP contribution in [-0.4, -0.2) is 24.3 Å². The molecule has 0 fully saturated rings. The van der Waals surface area contributed by atoms with E-state index in [0.29, 0.717) is 16.9 Å². The molecule has 4 heteroatoms. The van der Waals surface area contributed by atoms with Crippen LogP contribution >= 0.6 is 0 Å². The molecule has 0 saturated carbocycles. The number of hydrogen-bond donors (Lipinski definition) is 0. The van der Waals surface area contributed by atoms with Gasteiger partial charge in [-0.3, -0.25) is 9.59 Å². The number of benzene rings is 3. The van der Waals surface area contributed by atoms with Gasteiger partial charge in [0.15, 0.2) is 12.4 Å². The lowest BCUT2D eigenvalue weighted by Crippen LogP contribution is -2.40. The predicted octanol–water partition coefficient (Wildman–Crippen LogP) is 4.74. The van der Waals surface area contributed by atoms with Crippen LogP contribution in [0.1, 0.15) is 29.8 Å². The molecule has 0 unspecified atom stereocenters. The number of ether oxygens (including phenoxy) is 1. The SMILES string of the molecule is CC(C)N(C(=O)COc1ccc(C(=O)c2ccccc2)cc1)c1ccccc1. The van der Waals surface area contributed by atoms with Gasteiger partial charge in [0.1, 0.15) is 5.75 Å². The standard InChI is InChI=1S/C24H23NO3/c1-18(2)25(21-11-7-4-8-12-21)23(26)17-28-22-15-13-20(14-16-22)24(27)19-9-5-3-6-10-19/h3-16,18H,17H2,1-2H3. The average Bonchev–Trinajstić information content (AvgIpc) is 2.73. The minimum absolute atomic E-state index is 0.0179. The summed E-state index contributed by atoms with van der Waals surface area (Å²) in [5.41, 5.74) is 2.06. The molecule has 3 aromatic rings. The number of carbonyl (C=O) groups excluding carboxylic acids is 2. The second-order valence-corrected chi connectivity index (χ2v) is 6.70. The molecule has 0 aliphatic rings. The highest BCUT2D eigenvalue weighted by Crippen LogP contribution is 2.19. The minimum Gasteiger partial charge on any atom is -0.484 e. The molecule has 0 spiro atoms. The molecule has 142 valence electrons. The topological polar surface area (TPSA) is 46.6 Å². The second-order valence-electron chi connectivity index (χ2n) is 6.70. The van der Waals surface area contributed by atoms with Gasteiger partial charge in [0, 0.05) is 22.9 Å². The lowest BCUT2D eigenvalue weighted by Gasteiger charge is -2.26. The smallest absolute Gasteiger partial charge is 0.265 e. The Kier molecular flexibility index (Phi) is 6.22. The zero-order valence-corrected chi connectivity index (χ0v) is 16.0. The minimum atomic E-state index is -0.120. The van der Waals surface area contributed by atoms with E-state index < -0.39 is 0 Å². The average molecular weight is 373 g/mol. The van der Waals surface area contributed by atoms with Crippen LogP contribution in [-0.2, 0) is 4.79 Å². The van der Waals surface area contributed by atoms with Gasteiger partial charge in [0.05, 0.1) is 0 Å². The van der Waals surface area contributed by atoms with Crippen molar-refractivity contribution < 1.29 is 14.3 Å². The summed E-state index contributed by atoms with van der Waals surface area (Å²) < 4.78 is 5.66. The maximum atomic E-state index is 12.7. The molecule has 0 N–H and O–H groups in total. The number of rotatable bonds is 7. The second kappa shape index (κ2) is 9.00. The molecule has 1 amide bonds. The van der Waals surface area contributed by atoms with Crippen molar-refractivity contribution in [3.8, 4) is 5.75 Å². The third kappa shape index (κ3) is 4.65. The van der Waals surface area contributed by atoms with E-state index in [2.05, 4.69) is 0 Å². The first-order valence-electron chi connectivity index (χ1n) is 9.26. The summed E-state index contributed by atoms with van der Waals surface area (Å²) in [6.45, 7) is 3.86. The van der Waals surface area contributed by atoms with Gasteiger partial charge in [0.2, 0.25) is 0 Å². The zero-order chi connectivity index (χ0) is 19.9. The van der Waals surface area contributed by atoms with E-state index in [1.807, 2.05) is 62.4 Å². The molecule has 4 nitrogen and oxygen atoms in total. The van der Waals surface area contributed by atoms with E-state index >= 15 is 0 Å². The third-order valence-corrected chi connectivity index (χ3v) is 4.33. The Hall–Kier alpha value is -3.40. The van der Waals surface area contributed by atoms with Crippen LogP contribution in [0.3, 0.4) is 0 Å². The van der Waals surface area contributed by atoms with Crippen LogP contribution in [0.4, 0.5) is 5.69 Å². The first-order chi connectivity index (χ1) is 13.6. The molecule has 0 saturated heterocycles. The van der Waals surface area contributed by atoms with Gasteiger partial charge in [0.25, 0.3) is 5.91 Å². The molecule has 0 atom stereocenters. The van der Waals surface area contributed by atoms with E-state index in [1.165, 1.54) is 0 Å². The van der Waals surface area contributed by atoms with Crippen molar-refractivity contribution >= 4 is 17.4 Å². The van der Waals surface area contributed by atoms with Crippen molar-refractivity contribution in [2.45, 2.75) is 19.9 Å². The summed E-state index contributed by atoms with van der Waals surface area (Å²) in [6.07, 6.45) is 0. The summed E-state index contributed by atoms with van der Waals surface area (Å²) in [5, 5.41) is 0. The third-order valence-electron chi connectivity index (χ3n) is 4.33. The molecule has 0 heterocycles. The summed E-state index contributed by atoms with van der Waals surface area (Å²) in [7, 11) is 0. The van der Waals surface area contributed by atoms with Crippen LogP contribution < -0.4 is 9.64 Å². The van der Waals surface area contributed by atoms with Crippen LogP contribution in [0.15, 0.2) is 84.9 Å². The lowest BCUT2D eigenvalue weighted by atomic mass is 10.0. The van der Waals surface area contributed by atoms with Crippen molar-refractivity contribution in [1.82, 2.24) is 0 Å². The number of nitrogens with zero attached hydrogens (tertiary/aromatic N) is 1. The van der Waals surface area contributed by atoms with E-state index in [4.69, 9.17) is 4.74 Å². The number of carbonyl (C=O) groups is 2. The quantitative estimate of drug-likeness (QED) is 0.562. The number of anilines is 1. The summed E-state index contributed by atoms with van der Waals surface area (Å²) in [6, 6.07) is 25.5.